The van der Waals surface area contributed by atoms with E-state index in [0.29, 0.717) is 18.6 Å². The molecule has 0 aromatic carbocycles. The third-order valence-electron chi connectivity index (χ3n) is 4.19. The van der Waals surface area contributed by atoms with Crippen LogP contribution in [0.1, 0.15) is 91.4 Å². The summed E-state index contributed by atoms with van der Waals surface area (Å²) in [4.78, 5) is 23.7. The number of rotatable bonds is 12. The number of hydrogen-bond donors (Lipinski definition) is 0. The fourth-order valence-corrected chi connectivity index (χ4v) is 2.74. The zero-order valence-electron chi connectivity index (χ0n) is 15.0. The highest BCUT2D eigenvalue weighted by Crippen LogP contribution is 2.25. The maximum Gasteiger partial charge on any atom is 0.311 e. The number of esters is 1. The quantitative estimate of drug-likeness (QED) is 0.372. The van der Waals surface area contributed by atoms with Gasteiger partial charge in [0.25, 0.3) is 0 Å². The highest BCUT2D eigenvalue weighted by atomic mass is 16.6. The summed E-state index contributed by atoms with van der Waals surface area (Å²) in [5, 5.41) is 0. The number of hydrogen-bond acceptors (Lipinski definition) is 4. The summed E-state index contributed by atoms with van der Waals surface area (Å²) in [6.45, 7) is 5.79. The van der Waals surface area contributed by atoms with E-state index in [1.54, 1.807) is 6.92 Å². The van der Waals surface area contributed by atoms with Gasteiger partial charge in [0.15, 0.2) is 6.10 Å². The van der Waals surface area contributed by atoms with Crippen molar-refractivity contribution in [3.63, 3.8) is 0 Å². The highest BCUT2D eigenvalue weighted by Gasteiger charge is 2.33. The summed E-state index contributed by atoms with van der Waals surface area (Å²) < 4.78 is 10.6. The van der Waals surface area contributed by atoms with Crippen LogP contribution >= 0.6 is 0 Å². The van der Waals surface area contributed by atoms with Gasteiger partial charge >= 0.3 is 5.97 Å². The van der Waals surface area contributed by atoms with Crippen LogP contribution in [0.2, 0.25) is 0 Å². The van der Waals surface area contributed by atoms with E-state index in [9.17, 15) is 9.59 Å². The monoisotopic (exact) mass is 324 g/mol. The van der Waals surface area contributed by atoms with Crippen molar-refractivity contribution in [3.05, 3.63) is 11.5 Å². The fourth-order valence-electron chi connectivity index (χ4n) is 2.74. The molecular formula is C19H32O4. The first-order valence-electron chi connectivity index (χ1n) is 9.24. The van der Waals surface area contributed by atoms with E-state index >= 15 is 0 Å². The van der Waals surface area contributed by atoms with Crippen LogP contribution < -0.4 is 0 Å². The number of carbonyl (C=O) groups is 2. The Hall–Kier alpha value is -1.32. The van der Waals surface area contributed by atoms with Crippen LogP contribution in [0.3, 0.4) is 0 Å². The second kappa shape index (κ2) is 11.3. The van der Waals surface area contributed by atoms with Crippen molar-refractivity contribution in [1.29, 1.82) is 0 Å². The minimum absolute atomic E-state index is 0.126. The van der Waals surface area contributed by atoms with Crippen LogP contribution in [0.25, 0.3) is 0 Å². The molecule has 1 aliphatic heterocycles. The number of allylic oxidation sites excluding steroid dienone is 1. The van der Waals surface area contributed by atoms with Crippen molar-refractivity contribution in [2.24, 2.45) is 0 Å². The van der Waals surface area contributed by atoms with Gasteiger partial charge in [-0.25, -0.2) is 0 Å². The second-order valence-electron chi connectivity index (χ2n) is 6.28. The van der Waals surface area contributed by atoms with Gasteiger partial charge in [0, 0.05) is 12.8 Å². The van der Waals surface area contributed by atoms with Crippen molar-refractivity contribution >= 4 is 11.8 Å². The first-order valence-corrected chi connectivity index (χ1v) is 9.24. The molecule has 4 heteroatoms. The lowest BCUT2D eigenvalue weighted by Crippen LogP contribution is -2.16. The van der Waals surface area contributed by atoms with Gasteiger partial charge in [-0.3, -0.25) is 9.59 Å². The Labute approximate surface area is 140 Å². The number of ether oxygens (including phenoxy) is 2. The Bertz CT molecular complexity index is 412. The van der Waals surface area contributed by atoms with Crippen molar-refractivity contribution in [2.45, 2.75) is 97.5 Å². The van der Waals surface area contributed by atoms with Gasteiger partial charge in [-0.1, -0.05) is 65.2 Å². The molecule has 0 radical (unpaired) electrons. The molecule has 1 heterocycles. The Morgan fingerprint density at radius 2 is 1.57 bits per heavy atom. The van der Waals surface area contributed by atoms with E-state index in [2.05, 4.69) is 6.92 Å². The lowest BCUT2D eigenvalue weighted by Gasteiger charge is -2.05. The topological polar surface area (TPSA) is 52.6 Å². The molecule has 1 rings (SSSR count). The third kappa shape index (κ3) is 7.19. The van der Waals surface area contributed by atoms with Crippen LogP contribution in [0.4, 0.5) is 0 Å². The first-order chi connectivity index (χ1) is 11.1. The second-order valence-corrected chi connectivity index (χ2v) is 6.28. The predicted octanol–water partition coefficient (Wildman–Crippen LogP) is 5.06. The number of Topliss-reactive ketones (excluding diaryl/α,β-unsaturated/α-hetero) is 1. The lowest BCUT2D eigenvalue weighted by atomic mass is 10.1. The minimum Gasteiger partial charge on any atom is -0.483 e. The molecule has 0 spiro atoms. The van der Waals surface area contributed by atoms with Crippen molar-refractivity contribution in [3.8, 4) is 0 Å². The molecule has 1 aliphatic rings. The molecule has 1 unspecified atom stereocenters. The van der Waals surface area contributed by atoms with Crippen molar-refractivity contribution in [2.75, 3.05) is 0 Å². The molecule has 23 heavy (non-hydrogen) atoms. The summed E-state index contributed by atoms with van der Waals surface area (Å²) in [6, 6.07) is 0. The van der Waals surface area contributed by atoms with Crippen LogP contribution in [0.5, 0.6) is 0 Å². The minimum atomic E-state index is -0.527. The summed E-state index contributed by atoms with van der Waals surface area (Å²) >= 11 is 0. The summed E-state index contributed by atoms with van der Waals surface area (Å²) in [5.74, 6) is 0.0890. The molecule has 0 bridgehead atoms. The Morgan fingerprint density at radius 3 is 2.13 bits per heavy atom. The van der Waals surface area contributed by atoms with Gasteiger partial charge in [0.05, 0.1) is 0 Å². The molecule has 0 saturated heterocycles. The van der Waals surface area contributed by atoms with Gasteiger partial charge in [0.2, 0.25) is 11.5 Å². The van der Waals surface area contributed by atoms with E-state index in [1.165, 1.54) is 44.9 Å². The Morgan fingerprint density at radius 1 is 1.00 bits per heavy atom. The molecule has 0 saturated carbocycles. The highest BCUT2D eigenvalue weighted by molar-refractivity contribution is 6.00. The third-order valence-corrected chi connectivity index (χ3v) is 4.19. The molecule has 0 aromatic heterocycles. The smallest absolute Gasteiger partial charge is 0.311 e. The average Bonchev–Trinajstić information content (AvgIpc) is 2.81. The summed E-state index contributed by atoms with van der Waals surface area (Å²) in [6.07, 6.45) is 11.3. The zero-order chi connectivity index (χ0) is 17.1. The van der Waals surface area contributed by atoms with Crippen LogP contribution in [0.15, 0.2) is 11.5 Å². The van der Waals surface area contributed by atoms with Crippen molar-refractivity contribution < 1.29 is 19.1 Å². The van der Waals surface area contributed by atoms with Gasteiger partial charge < -0.3 is 9.47 Å². The van der Waals surface area contributed by atoms with E-state index in [-0.39, 0.29) is 17.5 Å². The van der Waals surface area contributed by atoms with E-state index in [1.807, 2.05) is 6.92 Å². The maximum absolute atomic E-state index is 11.9. The molecule has 0 aromatic rings. The van der Waals surface area contributed by atoms with E-state index < -0.39 is 6.10 Å². The molecule has 0 fully saturated rings. The Kier molecular flexibility index (Phi) is 9.65. The van der Waals surface area contributed by atoms with Crippen LogP contribution in [-0.4, -0.2) is 17.9 Å². The molecule has 132 valence electrons. The van der Waals surface area contributed by atoms with Gasteiger partial charge in [-0.15, -0.1) is 0 Å². The standard InChI is InChI=1S/C19H32O4/c1-4-6-7-8-9-10-11-12-13-14-17(20)23-19-16(5-2)22-15(3)18(19)21/h15H,4-14H2,1-3H3. The lowest BCUT2D eigenvalue weighted by molar-refractivity contribution is -0.142. The largest absolute Gasteiger partial charge is 0.483 e. The molecule has 0 aliphatic carbocycles. The normalized spacial score (nSPS) is 17.5. The van der Waals surface area contributed by atoms with Gasteiger partial charge in [-0.05, 0) is 13.3 Å². The molecule has 0 N–H and O–H groups in total. The number of ketones is 1. The average molecular weight is 324 g/mol. The molecule has 1 atom stereocenters. The SMILES string of the molecule is CCCCCCCCCCCC(=O)OC1=C(CC)OC(C)C1=O. The van der Waals surface area contributed by atoms with E-state index in [0.717, 1.165) is 12.8 Å². The van der Waals surface area contributed by atoms with E-state index in [4.69, 9.17) is 9.47 Å². The number of carbonyl (C=O) groups excluding carboxylic acids is 2. The fraction of sp³-hybridized carbons (Fsp3) is 0.789. The van der Waals surface area contributed by atoms with Gasteiger partial charge in [0.1, 0.15) is 5.76 Å². The predicted molar refractivity (Wildman–Crippen MR) is 90.8 cm³/mol. The maximum atomic E-state index is 11.9. The summed E-state index contributed by atoms with van der Waals surface area (Å²) in [7, 11) is 0. The van der Waals surface area contributed by atoms with Gasteiger partial charge in [-0.2, -0.15) is 0 Å². The first kappa shape index (κ1) is 19.7. The van der Waals surface area contributed by atoms with Crippen LogP contribution in [0, 0.1) is 0 Å². The molecular weight excluding hydrogens is 292 g/mol. The zero-order valence-corrected chi connectivity index (χ0v) is 15.0. The van der Waals surface area contributed by atoms with Crippen molar-refractivity contribution in [1.82, 2.24) is 0 Å². The number of unbranched alkanes of at least 4 members (excludes halogenated alkanes) is 8. The van der Waals surface area contributed by atoms with Crippen LogP contribution in [-0.2, 0) is 19.1 Å². The Balaban J connectivity index is 2.12. The molecule has 0 amide bonds. The molecule has 4 nitrogen and oxygen atoms in total. The summed E-state index contributed by atoms with van der Waals surface area (Å²) in [5.41, 5.74) is 0.